The molecule has 0 fully saturated rings. The standard InChI is InChI=1S/C10H13Cl2NO2S/c1-2-8(7-11)13-16(14,15)10-6-4-3-5-9(10)12/h3-6,8,13H,2,7H2,1H3. The average molecular weight is 282 g/mol. The second kappa shape index (κ2) is 5.87. The highest BCUT2D eigenvalue weighted by molar-refractivity contribution is 7.89. The average Bonchev–Trinajstić information content (AvgIpc) is 2.26. The molecular weight excluding hydrogens is 269 g/mol. The first-order chi connectivity index (χ1) is 7.51. The van der Waals surface area contributed by atoms with Crippen LogP contribution in [0.5, 0.6) is 0 Å². The van der Waals surface area contributed by atoms with E-state index in [-0.39, 0.29) is 21.8 Å². The highest BCUT2D eigenvalue weighted by Gasteiger charge is 2.20. The van der Waals surface area contributed by atoms with Gasteiger partial charge in [-0.25, -0.2) is 13.1 Å². The van der Waals surface area contributed by atoms with Gasteiger partial charge in [0, 0.05) is 11.9 Å². The van der Waals surface area contributed by atoms with Gasteiger partial charge < -0.3 is 0 Å². The molecule has 0 heterocycles. The van der Waals surface area contributed by atoms with Crippen molar-refractivity contribution in [3.05, 3.63) is 29.3 Å². The third-order valence-electron chi connectivity index (χ3n) is 2.13. The smallest absolute Gasteiger partial charge is 0.207 e. The third kappa shape index (κ3) is 3.35. The highest BCUT2D eigenvalue weighted by Crippen LogP contribution is 2.20. The SMILES string of the molecule is CCC(CCl)NS(=O)(=O)c1ccccc1Cl. The molecule has 0 amide bonds. The van der Waals surface area contributed by atoms with Gasteiger partial charge in [-0.15, -0.1) is 11.6 Å². The summed E-state index contributed by atoms with van der Waals surface area (Å²) in [6, 6.07) is 6.04. The third-order valence-corrected chi connectivity index (χ3v) is 4.52. The van der Waals surface area contributed by atoms with E-state index in [0.29, 0.717) is 6.42 Å². The number of halogens is 2. The Morgan fingerprint density at radius 3 is 2.50 bits per heavy atom. The van der Waals surface area contributed by atoms with Crippen LogP contribution in [0.3, 0.4) is 0 Å². The van der Waals surface area contributed by atoms with Crippen LogP contribution in [0.15, 0.2) is 29.2 Å². The number of benzene rings is 1. The number of hydrogen-bond donors (Lipinski definition) is 1. The summed E-state index contributed by atoms with van der Waals surface area (Å²) in [5.41, 5.74) is 0. The van der Waals surface area contributed by atoms with E-state index in [1.165, 1.54) is 12.1 Å². The largest absolute Gasteiger partial charge is 0.242 e. The van der Waals surface area contributed by atoms with Crippen LogP contribution >= 0.6 is 23.2 Å². The fraction of sp³-hybridized carbons (Fsp3) is 0.400. The Hall–Kier alpha value is -0.290. The molecule has 90 valence electrons. The molecule has 0 aliphatic carbocycles. The Morgan fingerprint density at radius 1 is 1.38 bits per heavy atom. The van der Waals surface area contributed by atoms with Crippen LogP contribution in [0.1, 0.15) is 13.3 Å². The lowest BCUT2D eigenvalue weighted by atomic mass is 10.3. The highest BCUT2D eigenvalue weighted by atomic mass is 35.5. The molecule has 6 heteroatoms. The fourth-order valence-corrected chi connectivity index (χ4v) is 3.40. The lowest BCUT2D eigenvalue weighted by Gasteiger charge is -2.14. The van der Waals surface area contributed by atoms with Crippen molar-refractivity contribution < 1.29 is 8.42 Å². The molecule has 0 aliphatic heterocycles. The van der Waals surface area contributed by atoms with Crippen molar-refractivity contribution in [3.63, 3.8) is 0 Å². The maximum atomic E-state index is 11.9. The quantitative estimate of drug-likeness (QED) is 0.844. The predicted octanol–water partition coefficient (Wildman–Crippen LogP) is 2.64. The zero-order chi connectivity index (χ0) is 12.2. The predicted molar refractivity (Wildman–Crippen MR) is 66.6 cm³/mol. The van der Waals surface area contributed by atoms with Crippen LogP contribution in [0.4, 0.5) is 0 Å². The molecule has 0 radical (unpaired) electrons. The molecule has 0 spiro atoms. The monoisotopic (exact) mass is 281 g/mol. The van der Waals surface area contributed by atoms with Crippen LogP contribution in [-0.4, -0.2) is 20.3 Å². The Bertz CT molecular complexity index is 444. The molecule has 1 aromatic rings. The minimum Gasteiger partial charge on any atom is -0.207 e. The van der Waals surface area contributed by atoms with Gasteiger partial charge in [0.25, 0.3) is 0 Å². The van der Waals surface area contributed by atoms with Gasteiger partial charge in [0.1, 0.15) is 4.90 Å². The number of hydrogen-bond acceptors (Lipinski definition) is 2. The topological polar surface area (TPSA) is 46.2 Å². The molecule has 3 nitrogen and oxygen atoms in total. The minimum atomic E-state index is -3.58. The van der Waals surface area contributed by atoms with Crippen LogP contribution in [0.2, 0.25) is 5.02 Å². The van der Waals surface area contributed by atoms with Gasteiger partial charge in [0.15, 0.2) is 0 Å². The molecule has 1 aromatic carbocycles. The van der Waals surface area contributed by atoms with E-state index in [1.54, 1.807) is 12.1 Å². The van der Waals surface area contributed by atoms with E-state index < -0.39 is 10.0 Å². The minimum absolute atomic E-state index is 0.0835. The summed E-state index contributed by atoms with van der Waals surface area (Å²) in [5.74, 6) is 0.236. The molecule has 0 saturated heterocycles. The van der Waals surface area contributed by atoms with Crippen molar-refractivity contribution in [1.82, 2.24) is 4.72 Å². The first-order valence-corrected chi connectivity index (χ1v) is 7.23. The molecule has 1 N–H and O–H groups in total. The van der Waals surface area contributed by atoms with Crippen LogP contribution in [0, 0.1) is 0 Å². The summed E-state index contributed by atoms with van der Waals surface area (Å²) in [5, 5.41) is 0.208. The lowest BCUT2D eigenvalue weighted by molar-refractivity contribution is 0.557. The van der Waals surface area contributed by atoms with Crippen LogP contribution in [-0.2, 0) is 10.0 Å². The summed E-state index contributed by atoms with van der Waals surface area (Å²) in [6.07, 6.45) is 0.632. The van der Waals surface area contributed by atoms with E-state index in [2.05, 4.69) is 4.72 Å². The van der Waals surface area contributed by atoms with Crippen molar-refractivity contribution in [3.8, 4) is 0 Å². The number of rotatable bonds is 5. The van der Waals surface area contributed by atoms with Gasteiger partial charge in [0.2, 0.25) is 10.0 Å². The Labute approximate surface area is 106 Å². The summed E-state index contributed by atoms with van der Waals surface area (Å²) < 4.78 is 26.4. The Kier molecular flexibility index (Phi) is 5.05. The van der Waals surface area contributed by atoms with Crippen molar-refractivity contribution in [2.45, 2.75) is 24.3 Å². The number of nitrogens with one attached hydrogen (secondary N) is 1. The van der Waals surface area contributed by atoms with Crippen molar-refractivity contribution in [2.24, 2.45) is 0 Å². The normalized spacial score (nSPS) is 13.7. The molecule has 1 unspecified atom stereocenters. The van der Waals surface area contributed by atoms with Gasteiger partial charge in [-0.2, -0.15) is 0 Å². The Balaban J connectivity index is 2.99. The summed E-state index contributed by atoms with van der Waals surface area (Å²) in [7, 11) is -3.58. The Morgan fingerprint density at radius 2 is 2.00 bits per heavy atom. The maximum Gasteiger partial charge on any atom is 0.242 e. The molecule has 0 aliphatic rings. The van der Waals surface area contributed by atoms with E-state index in [9.17, 15) is 8.42 Å². The van der Waals surface area contributed by atoms with E-state index in [0.717, 1.165) is 0 Å². The van der Waals surface area contributed by atoms with Crippen molar-refractivity contribution in [2.75, 3.05) is 5.88 Å². The van der Waals surface area contributed by atoms with Gasteiger partial charge in [-0.1, -0.05) is 30.7 Å². The summed E-state index contributed by atoms with van der Waals surface area (Å²) >= 11 is 11.5. The summed E-state index contributed by atoms with van der Waals surface area (Å²) in [6.45, 7) is 1.86. The molecule has 0 bridgehead atoms. The molecule has 1 atom stereocenters. The molecular formula is C10H13Cl2NO2S. The van der Waals surface area contributed by atoms with Gasteiger partial charge >= 0.3 is 0 Å². The van der Waals surface area contributed by atoms with Crippen LogP contribution in [0.25, 0.3) is 0 Å². The maximum absolute atomic E-state index is 11.9. The summed E-state index contributed by atoms with van der Waals surface area (Å²) in [4.78, 5) is 0.0835. The number of sulfonamides is 1. The van der Waals surface area contributed by atoms with E-state index in [1.807, 2.05) is 6.92 Å². The molecule has 1 rings (SSSR count). The van der Waals surface area contributed by atoms with Crippen LogP contribution < -0.4 is 4.72 Å². The fourth-order valence-electron chi connectivity index (χ4n) is 1.17. The number of alkyl halides is 1. The zero-order valence-corrected chi connectivity index (χ0v) is 11.1. The second-order valence-corrected chi connectivity index (χ2v) is 5.71. The van der Waals surface area contributed by atoms with Gasteiger partial charge in [0.05, 0.1) is 5.02 Å². The zero-order valence-electron chi connectivity index (χ0n) is 8.78. The van der Waals surface area contributed by atoms with E-state index in [4.69, 9.17) is 23.2 Å². The van der Waals surface area contributed by atoms with Crippen molar-refractivity contribution in [1.29, 1.82) is 0 Å². The van der Waals surface area contributed by atoms with E-state index >= 15 is 0 Å². The molecule has 0 saturated carbocycles. The molecule has 0 aromatic heterocycles. The molecule has 16 heavy (non-hydrogen) atoms. The van der Waals surface area contributed by atoms with Gasteiger partial charge in [-0.3, -0.25) is 0 Å². The van der Waals surface area contributed by atoms with Crippen molar-refractivity contribution >= 4 is 33.2 Å². The lowest BCUT2D eigenvalue weighted by Crippen LogP contribution is -2.35. The first kappa shape index (κ1) is 13.8. The second-order valence-electron chi connectivity index (χ2n) is 3.31. The first-order valence-electron chi connectivity index (χ1n) is 4.84. The van der Waals surface area contributed by atoms with Gasteiger partial charge in [-0.05, 0) is 18.6 Å².